The monoisotopic (exact) mass is 340 g/mol. The topological polar surface area (TPSA) is 48.5 Å². The van der Waals surface area contributed by atoms with Gasteiger partial charge < -0.3 is 15.1 Å². The van der Waals surface area contributed by atoms with E-state index < -0.39 is 0 Å². The van der Waals surface area contributed by atoms with Crippen LogP contribution in [-0.4, -0.2) is 38.1 Å². The highest BCUT2D eigenvalue weighted by atomic mass is 16.1. The maximum atomic E-state index is 12.4. The summed E-state index contributed by atoms with van der Waals surface area (Å²) in [5.41, 5.74) is 2.43. The van der Waals surface area contributed by atoms with E-state index in [0.717, 1.165) is 43.1 Å². The van der Waals surface area contributed by atoms with Crippen LogP contribution >= 0.6 is 0 Å². The minimum atomic E-state index is -0.144. The summed E-state index contributed by atoms with van der Waals surface area (Å²) < 4.78 is 0. The van der Waals surface area contributed by atoms with Gasteiger partial charge in [0.15, 0.2) is 0 Å². The lowest BCUT2D eigenvalue weighted by Gasteiger charge is -2.22. The summed E-state index contributed by atoms with van der Waals surface area (Å²) in [6.07, 6.45) is 3.80. The lowest BCUT2D eigenvalue weighted by molar-refractivity contribution is 0.102. The summed E-state index contributed by atoms with van der Waals surface area (Å²) in [6.45, 7) is 6.27. The molecule has 0 unspecified atom stereocenters. The summed E-state index contributed by atoms with van der Waals surface area (Å²) >= 11 is 0. The highest BCUT2D eigenvalue weighted by Crippen LogP contribution is 2.17. The molecule has 1 amide bonds. The van der Waals surface area contributed by atoms with Crippen molar-refractivity contribution in [3.63, 3.8) is 0 Å². The molecule has 0 atom stereocenters. The summed E-state index contributed by atoms with van der Waals surface area (Å²) in [7, 11) is 3.97. The summed E-state index contributed by atoms with van der Waals surface area (Å²) in [6, 6.07) is 11.5. The van der Waals surface area contributed by atoms with E-state index in [0.29, 0.717) is 5.56 Å². The maximum absolute atomic E-state index is 12.4. The second-order valence-electron chi connectivity index (χ2n) is 6.29. The molecular formula is C20H28N4O. The molecule has 5 nitrogen and oxygen atoms in total. The van der Waals surface area contributed by atoms with Crippen molar-refractivity contribution in [1.29, 1.82) is 0 Å². The molecule has 5 heteroatoms. The molecule has 0 aliphatic heterocycles. The SMILES string of the molecule is CCCN(CCC)c1ccc(C(=O)Nc2ccc(N(C)C)cc2)cn1. The highest BCUT2D eigenvalue weighted by Gasteiger charge is 2.10. The fourth-order valence-corrected chi connectivity index (χ4v) is 2.63. The van der Waals surface area contributed by atoms with Gasteiger partial charge in [-0.15, -0.1) is 0 Å². The van der Waals surface area contributed by atoms with Gasteiger partial charge in [-0.3, -0.25) is 4.79 Å². The molecule has 25 heavy (non-hydrogen) atoms. The number of benzene rings is 1. The van der Waals surface area contributed by atoms with Crippen LogP contribution < -0.4 is 15.1 Å². The van der Waals surface area contributed by atoms with Crippen LogP contribution in [0.25, 0.3) is 0 Å². The van der Waals surface area contributed by atoms with Crippen molar-refractivity contribution in [2.45, 2.75) is 26.7 Å². The first-order valence-corrected chi connectivity index (χ1v) is 8.84. The zero-order valence-corrected chi connectivity index (χ0v) is 15.6. The van der Waals surface area contributed by atoms with Gasteiger partial charge in [-0.1, -0.05) is 13.8 Å². The average molecular weight is 340 g/mol. The van der Waals surface area contributed by atoms with E-state index in [4.69, 9.17) is 0 Å². The predicted octanol–water partition coefficient (Wildman–Crippen LogP) is 4.03. The number of pyridine rings is 1. The van der Waals surface area contributed by atoms with Gasteiger partial charge in [0.25, 0.3) is 5.91 Å². The first-order chi connectivity index (χ1) is 12.0. The Morgan fingerprint density at radius 3 is 2.12 bits per heavy atom. The van der Waals surface area contributed by atoms with Gasteiger partial charge in [-0.2, -0.15) is 0 Å². The minimum Gasteiger partial charge on any atom is -0.378 e. The number of nitrogens with zero attached hydrogens (tertiary/aromatic N) is 3. The Bertz CT molecular complexity index is 659. The molecule has 1 aromatic heterocycles. The van der Waals surface area contributed by atoms with Crippen molar-refractivity contribution in [3.8, 4) is 0 Å². The number of carbonyl (C=O) groups is 1. The van der Waals surface area contributed by atoms with Crippen LogP contribution in [0.2, 0.25) is 0 Å². The van der Waals surface area contributed by atoms with E-state index in [-0.39, 0.29) is 5.91 Å². The number of hydrogen-bond acceptors (Lipinski definition) is 4. The molecule has 1 N–H and O–H groups in total. The molecule has 0 aliphatic carbocycles. The van der Waals surface area contributed by atoms with Gasteiger partial charge in [0, 0.05) is 44.8 Å². The normalized spacial score (nSPS) is 10.4. The molecule has 0 radical (unpaired) electrons. The third-order valence-electron chi connectivity index (χ3n) is 3.96. The van der Waals surface area contributed by atoms with Crippen LogP contribution in [0.4, 0.5) is 17.2 Å². The van der Waals surface area contributed by atoms with Crippen molar-refractivity contribution in [2.24, 2.45) is 0 Å². The zero-order chi connectivity index (χ0) is 18.2. The molecule has 1 heterocycles. The Morgan fingerprint density at radius 2 is 1.64 bits per heavy atom. The van der Waals surface area contributed by atoms with Crippen LogP contribution in [0.15, 0.2) is 42.6 Å². The molecule has 0 spiro atoms. The number of anilines is 3. The third kappa shape index (κ3) is 5.21. The first-order valence-electron chi connectivity index (χ1n) is 8.84. The summed E-state index contributed by atoms with van der Waals surface area (Å²) in [5, 5.41) is 2.91. The van der Waals surface area contributed by atoms with Crippen LogP contribution in [0, 0.1) is 0 Å². The fourth-order valence-electron chi connectivity index (χ4n) is 2.63. The number of rotatable bonds is 8. The third-order valence-corrected chi connectivity index (χ3v) is 3.96. The lowest BCUT2D eigenvalue weighted by Crippen LogP contribution is -2.26. The van der Waals surface area contributed by atoms with Crippen molar-refractivity contribution in [3.05, 3.63) is 48.2 Å². The molecule has 2 rings (SSSR count). The number of hydrogen-bond donors (Lipinski definition) is 1. The Labute approximate surface area is 150 Å². The molecule has 0 saturated heterocycles. The van der Waals surface area contributed by atoms with Crippen LogP contribution in [0.5, 0.6) is 0 Å². The van der Waals surface area contributed by atoms with E-state index in [1.54, 1.807) is 6.20 Å². The van der Waals surface area contributed by atoms with Crippen molar-refractivity contribution < 1.29 is 4.79 Å². The Kier molecular flexibility index (Phi) is 6.81. The largest absolute Gasteiger partial charge is 0.378 e. The van der Waals surface area contributed by atoms with Crippen molar-refractivity contribution in [2.75, 3.05) is 42.3 Å². The average Bonchev–Trinajstić information content (AvgIpc) is 2.62. The molecule has 0 bridgehead atoms. The Balaban J connectivity index is 2.04. The van der Waals surface area contributed by atoms with E-state index in [1.165, 1.54) is 0 Å². The smallest absolute Gasteiger partial charge is 0.257 e. The number of carbonyl (C=O) groups excluding carboxylic acids is 1. The molecule has 0 saturated carbocycles. The number of amides is 1. The fraction of sp³-hybridized carbons (Fsp3) is 0.400. The van der Waals surface area contributed by atoms with E-state index in [9.17, 15) is 4.79 Å². The molecular weight excluding hydrogens is 312 g/mol. The molecule has 1 aromatic carbocycles. The van der Waals surface area contributed by atoms with Gasteiger partial charge >= 0.3 is 0 Å². The zero-order valence-electron chi connectivity index (χ0n) is 15.6. The molecule has 0 aliphatic rings. The van der Waals surface area contributed by atoms with Gasteiger partial charge in [-0.25, -0.2) is 4.98 Å². The van der Waals surface area contributed by atoms with Crippen LogP contribution in [0.1, 0.15) is 37.0 Å². The van der Waals surface area contributed by atoms with Crippen LogP contribution in [-0.2, 0) is 0 Å². The number of nitrogens with one attached hydrogen (secondary N) is 1. The standard InChI is InChI=1S/C20H28N4O/c1-5-13-24(14-6-2)19-12-7-16(15-21-19)20(25)22-17-8-10-18(11-9-17)23(3)4/h7-12,15H,5-6,13-14H2,1-4H3,(H,22,25). The van der Waals surface area contributed by atoms with E-state index in [1.807, 2.05) is 55.4 Å². The van der Waals surface area contributed by atoms with Crippen molar-refractivity contribution >= 4 is 23.1 Å². The van der Waals surface area contributed by atoms with Gasteiger partial charge in [-0.05, 0) is 49.2 Å². The Hall–Kier alpha value is -2.56. The minimum absolute atomic E-state index is 0.144. The molecule has 134 valence electrons. The quantitative estimate of drug-likeness (QED) is 0.788. The Morgan fingerprint density at radius 1 is 1.00 bits per heavy atom. The van der Waals surface area contributed by atoms with E-state index in [2.05, 4.69) is 29.0 Å². The highest BCUT2D eigenvalue weighted by molar-refractivity contribution is 6.04. The lowest BCUT2D eigenvalue weighted by atomic mass is 10.2. The van der Waals surface area contributed by atoms with E-state index >= 15 is 0 Å². The first kappa shape index (κ1) is 18.8. The van der Waals surface area contributed by atoms with Gasteiger partial charge in [0.2, 0.25) is 0 Å². The number of aromatic nitrogens is 1. The molecule has 0 fully saturated rings. The second-order valence-corrected chi connectivity index (χ2v) is 6.29. The van der Waals surface area contributed by atoms with Gasteiger partial charge in [0.1, 0.15) is 5.82 Å². The maximum Gasteiger partial charge on any atom is 0.257 e. The molecule has 2 aromatic rings. The van der Waals surface area contributed by atoms with Crippen molar-refractivity contribution in [1.82, 2.24) is 4.98 Å². The second kappa shape index (κ2) is 9.06. The predicted molar refractivity (Wildman–Crippen MR) is 106 cm³/mol. The van der Waals surface area contributed by atoms with Crippen LogP contribution in [0.3, 0.4) is 0 Å². The summed E-state index contributed by atoms with van der Waals surface area (Å²) in [4.78, 5) is 21.1. The summed E-state index contributed by atoms with van der Waals surface area (Å²) in [5.74, 6) is 0.782. The van der Waals surface area contributed by atoms with Gasteiger partial charge in [0.05, 0.1) is 5.56 Å².